The van der Waals surface area contributed by atoms with Crippen molar-refractivity contribution in [2.45, 2.75) is 25.8 Å². The SMILES string of the molecule is CCS(=O)(=O)N(C)C1CCN(C(=O)c2ccc(Br)c(F)c2)CC1. The molecule has 1 fully saturated rings. The van der Waals surface area contributed by atoms with Gasteiger partial charge in [-0.05, 0) is 53.9 Å². The summed E-state index contributed by atoms with van der Waals surface area (Å²) < 4.78 is 39.1. The first-order valence-corrected chi connectivity index (χ1v) is 9.86. The molecule has 1 aromatic carbocycles. The van der Waals surface area contributed by atoms with Gasteiger partial charge >= 0.3 is 0 Å². The van der Waals surface area contributed by atoms with E-state index in [-0.39, 0.29) is 17.7 Å². The van der Waals surface area contributed by atoms with Crippen LogP contribution in [0.2, 0.25) is 0 Å². The summed E-state index contributed by atoms with van der Waals surface area (Å²) >= 11 is 3.06. The molecule has 0 aliphatic carbocycles. The summed E-state index contributed by atoms with van der Waals surface area (Å²) in [4.78, 5) is 14.0. The Kier molecular flexibility index (Phi) is 5.80. The normalized spacial score (nSPS) is 16.8. The number of benzene rings is 1. The van der Waals surface area contributed by atoms with Crippen molar-refractivity contribution in [2.24, 2.45) is 0 Å². The van der Waals surface area contributed by atoms with Crippen LogP contribution in [0.25, 0.3) is 0 Å². The van der Waals surface area contributed by atoms with Gasteiger partial charge in [0.25, 0.3) is 5.91 Å². The van der Waals surface area contributed by atoms with Gasteiger partial charge in [-0.2, -0.15) is 0 Å². The maximum Gasteiger partial charge on any atom is 0.253 e. The van der Waals surface area contributed by atoms with E-state index in [1.165, 1.54) is 16.4 Å². The van der Waals surface area contributed by atoms with Crippen LogP contribution in [0.1, 0.15) is 30.1 Å². The first kappa shape index (κ1) is 18.4. The maximum absolute atomic E-state index is 13.6. The van der Waals surface area contributed by atoms with Crippen LogP contribution in [0.4, 0.5) is 4.39 Å². The van der Waals surface area contributed by atoms with Crippen LogP contribution < -0.4 is 0 Å². The van der Waals surface area contributed by atoms with Crippen molar-refractivity contribution in [1.82, 2.24) is 9.21 Å². The van der Waals surface area contributed by atoms with Crippen molar-refractivity contribution in [3.8, 4) is 0 Å². The van der Waals surface area contributed by atoms with Gasteiger partial charge in [0.05, 0.1) is 10.2 Å². The summed E-state index contributed by atoms with van der Waals surface area (Å²) in [6, 6.07) is 4.21. The Bertz CT molecular complexity index is 688. The molecule has 1 heterocycles. The number of amides is 1. The van der Waals surface area contributed by atoms with Crippen LogP contribution in [-0.2, 0) is 10.0 Å². The standard InChI is InChI=1S/C15H20BrFN2O3S/c1-3-23(21,22)18(2)12-6-8-19(9-7-12)15(20)11-4-5-13(16)14(17)10-11/h4-5,10,12H,3,6-9H2,1-2H3. The van der Waals surface area contributed by atoms with E-state index in [0.29, 0.717) is 36.0 Å². The van der Waals surface area contributed by atoms with Gasteiger partial charge in [0.2, 0.25) is 10.0 Å². The van der Waals surface area contributed by atoms with Gasteiger partial charge in [0.15, 0.2) is 0 Å². The molecule has 1 saturated heterocycles. The van der Waals surface area contributed by atoms with Crippen molar-refractivity contribution >= 4 is 31.9 Å². The van der Waals surface area contributed by atoms with Crippen LogP contribution in [0.3, 0.4) is 0 Å². The van der Waals surface area contributed by atoms with Crippen molar-refractivity contribution in [1.29, 1.82) is 0 Å². The molecule has 0 atom stereocenters. The van der Waals surface area contributed by atoms with E-state index in [1.54, 1.807) is 24.9 Å². The third-order valence-electron chi connectivity index (χ3n) is 4.24. The number of halogens is 2. The van der Waals surface area contributed by atoms with Crippen LogP contribution >= 0.6 is 15.9 Å². The highest BCUT2D eigenvalue weighted by atomic mass is 79.9. The molecular formula is C15H20BrFN2O3S. The summed E-state index contributed by atoms with van der Waals surface area (Å²) in [5.74, 6) is -0.628. The Hall–Kier alpha value is -0.990. The lowest BCUT2D eigenvalue weighted by Crippen LogP contribution is -2.47. The number of hydrogen-bond donors (Lipinski definition) is 0. The zero-order chi connectivity index (χ0) is 17.2. The second kappa shape index (κ2) is 7.27. The van der Waals surface area contributed by atoms with E-state index < -0.39 is 15.8 Å². The van der Waals surface area contributed by atoms with Crippen LogP contribution in [0.15, 0.2) is 22.7 Å². The Morgan fingerprint density at radius 3 is 2.52 bits per heavy atom. The molecule has 23 heavy (non-hydrogen) atoms. The molecule has 0 radical (unpaired) electrons. The summed E-state index contributed by atoms with van der Waals surface area (Å²) in [5, 5.41) is 0. The molecule has 128 valence electrons. The Morgan fingerprint density at radius 2 is 2.00 bits per heavy atom. The summed E-state index contributed by atoms with van der Waals surface area (Å²) in [6.07, 6.45) is 1.17. The fourth-order valence-electron chi connectivity index (χ4n) is 2.68. The molecule has 5 nitrogen and oxygen atoms in total. The first-order valence-electron chi connectivity index (χ1n) is 7.46. The Morgan fingerprint density at radius 1 is 1.39 bits per heavy atom. The van der Waals surface area contributed by atoms with Crippen molar-refractivity contribution < 1.29 is 17.6 Å². The van der Waals surface area contributed by atoms with E-state index in [0.717, 1.165) is 0 Å². The number of piperidine rings is 1. The van der Waals surface area contributed by atoms with Gasteiger partial charge in [-0.1, -0.05) is 0 Å². The zero-order valence-electron chi connectivity index (χ0n) is 13.1. The predicted molar refractivity (Wildman–Crippen MR) is 90.2 cm³/mol. The molecule has 1 aliphatic rings. The number of carbonyl (C=O) groups is 1. The molecule has 0 spiro atoms. The van der Waals surface area contributed by atoms with Crippen LogP contribution in [-0.4, -0.2) is 55.5 Å². The summed E-state index contributed by atoms with van der Waals surface area (Å²) in [6.45, 7) is 2.54. The second-order valence-corrected chi connectivity index (χ2v) is 8.74. The molecule has 0 unspecified atom stereocenters. The lowest BCUT2D eigenvalue weighted by atomic mass is 10.0. The highest BCUT2D eigenvalue weighted by Crippen LogP contribution is 2.22. The van der Waals surface area contributed by atoms with Gasteiger partial charge in [0, 0.05) is 31.7 Å². The minimum absolute atomic E-state index is 0.0703. The molecule has 0 aromatic heterocycles. The number of rotatable bonds is 4. The van der Waals surface area contributed by atoms with Crippen molar-refractivity contribution in [2.75, 3.05) is 25.9 Å². The highest BCUT2D eigenvalue weighted by molar-refractivity contribution is 9.10. The van der Waals surface area contributed by atoms with Gasteiger partial charge in [-0.25, -0.2) is 17.1 Å². The molecule has 0 bridgehead atoms. The average Bonchev–Trinajstić information content (AvgIpc) is 2.56. The number of carbonyl (C=O) groups excluding carboxylic acids is 1. The minimum atomic E-state index is -3.22. The molecule has 0 saturated carbocycles. The molecule has 1 aliphatic heterocycles. The van der Waals surface area contributed by atoms with Crippen LogP contribution in [0, 0.1) is 5.82 Å². The molecule has 2 rings (SSSR count). The van der Waals surface area contributed by atoms with Crippen molar-refractivity contribution in [3.63, 3.8) is 0 Å². The zero-order valence-corrected chi connectivity index (χ0v) is 15.5. The first-order chi connectivity index (χ1) is 10.8. The number of likely N-dealkylation sites (tertiary alicyclic amines) is 1. The largest absolute Gasteiger partial charge is 0.339 e. The average molecular weight is 407 g/mol. The Balaban J connectivity index is 2.01. The van der Waals surface area contributed by atoms with Gasteiger partial charge in [-0.3, -0.25) is 4.79 Å². The van der Waals surface area contributed by atoms with E-state index >= 15 is 0 Å². The summed E-state index contributed by atoms with van der Waals surface area (Å²) in [5.41, 5.74) is 0.304. The van der Waals surface area contributed by atoms with Gasteiger partial charge < -0.3 is 4.90 Å². The number of hydrogen-bond acceptors (Lipinski definition) is 3. The van der Waals surface area contributed by atoms with Crippen LogP contribution in [0.5, 0.6) is 0 Å². The lowest BCUT2D eigenvalue weighted by molar-refractivity contribution is 0.0685. The fraction of sp³-hybridized carbons (Fsp3) is 0.533. The quantitative estimate of drug-likeness (QED) is 0.771. The van der Waals surface area contributed by atoms with Gasteiger partial charge in [-0.15, -0.1) is 0 Å². The lowest BCUT2D eigenvalue weighted by Gasteiger charge is -2.36. The van der Waals surface area contributed by atoms with E-state index in [1.807, 2.05) is 0 Å². The molecule has 1 aromatic rings. The Labute approximate surface area is 144 Å². The van der Waals surface area contributed by atoms with E-state index in [2.05, 4.69) is 15.9 Å². The smallest absolute Gasteiger partial charge is 0.253 e. The van der Waals surface area contributed by atoms with E-state index in [4.69, 9.17) is 0 Å². The monoisotopic (exact) mass is 406 g/mol. The number of sulfonamides is 1. The third kappa shape index (κ3) is 4.10. The number of nitrogens with zero attached hydrogens (tertiary/aromatic N) is 2. The van der Waals surface area contributed by atoms with Crippen molar-refractivity contribution in [3.05, 3.63) is 34.1 Å². The molecule has 1 amide bonds. The second-order valence-electron chi connectivity index (χ2n) is 5.57. The molecule has 0 N–H and O–H groups in total. The molecule has 8 heteroatoms. The fourth-order valence-corrected chi connectivity index (χ4v) is 3.99. The topological polar surface area (TPSA) is 57.7 Å². The van der Waals surface area contributed by atoms with Gasteiger partial charge in [0.1, 0.15) is 5.82 Å². The predicted octanol–water partition coefficient (Wildman–Crippen LogP) is 2.47. The third-order valence-corrected chi connectivity index (χ3v) is 6.78. The summed E-state index contributed by atoms with van der Waals surface area (Å²) in [7, 11) is -1.63. The maximum atomic E-state index is 13.6. The molecular weight excluding hydrogens is 387 g/mol. The highest BCUT2D eigenvalue weighted by Gasteiger charge is 2.30. The minimum Gasteiger partial charge on any atom is -0.339 e. The van der Waals surface area contributed by atoms with E-state index in [9.17, 15) is 17.6 Å².